The molecule has 7 heteroatoms. The number of benzene rings is 1. The standard InChI is InChI=1S/C17H24ClN3O3/c18-14-6-3-5-13(11-14)15(21-9-1-2-10-21)12-20-17(24)19-8-4-7-16(22)23/h3,5-6,11,15H,1-2,4,7-10,12H2,(H,22,23)(H2,19,20,24). The van der Waals surface area contributed by atoms with Crippen LogP contribution < -0.4 is 10.6 Å². The Kier molecular flexibility index (Phi) is 7.34. The van der Waals surface area contributed by atoms with Crippen LogP contribution in [-0.4, -0.2) is 48.2 Å². The number of carboxylic acids is 1. The minimum absolute atomic E-state index is 0.0548. The summed E-state index contributed by atoms with van der Waals surface area (Å²) in [6.07, 6.45) is 2.81. The highest BCUT2D eigenvalue weighted by Gasteiger charge is 2.24. The zero-order valence-electron chi connectivity index (χ0n) is 13.6. The van der Waals surface area contributed by atoms with Crippen LogP contribution in [0.15, 0.2) is 24.3 Å². The summed E-state index contributed by atoms with van der Waals surface area (Å²) in [6, 6.07) is 7.56. The minimum Gasteiger partial charge on any atom is -0.481 e. The van der Waals surface area contributed by atoms with Crippen LogP contribution in [0, 0.1) is 0 Å². The molecule has 1 fully saturated rings. The van der Waals surface area contributed by atoms with Crippen LogP contribution in [0.3, 0.4) is 0 Å². The van der Waals surface area contributed by atoms with Gasteiger partial charge in [0.15, 0.2) is 0 Å². The van der Waals surface area contributed by atoms with Crippen molar-refractivity contribution < 1.29 is 14.7 Å². The van der Waals surface area contributed by atoms with Gasteiger partial charge in [-0.15, -0.1) is 0 Å². The average Bonchev–Trinajstić information content (AvgIpc) is 3.06. The predicted molar refractivity (Wildman–Crippen MR) is 93.3 cm³/mol. The quantitative estimate of drug-likeness (QED) is 0.627. The van der Waals surface area contributed by atoms with Crippen LogP contribution >= 0.6 is 11.6 Å². The predicted octanol–water partition coefficient (Wildman–Crippen LogP) is 2.64. The fraction of sp³-hybridized carbons (Fsp3) is 0.529. The molecule has 0 aliphatic carbocycles. The van der Waals surface area contributed by atoms with Crippen molar-refractivity contribution in [1.29, 1.82) is 0 Å². The first kappa shape index (κ1) is 18.5. The van der Waals surface area contributed by atoms with Gasteiger partial charge in [-0.1, -0.05) is 23.7 Å². The molecule has 1 unspecified atom stereocenters. The van der Waals surface area contributed by atoms with E-state index in [0.717, 1.165) is 18.7 Å². The van der Waals surface area contributed by atoms with Crippen LogP contribution in [-0.2, 0) is 4.79 Å². The van der Waals surface area contributed by atoms with Crippen LogP contribution in [0.25, 0.3) is 0 Å². The second kappa shape index (κ2) is 9.49. The topological polar surface area (TPSA) is 81.7 Å². The first-order chi connectivity index (χ1) is 11.6. The fourth-order valence-corrected chi connectivity index (χ4v) is 3.12. The summed E-state index contributed by atoms with van der Waals surface area (Å²) < 4.78 is 0. The van der Waals surface area contributed by atoms with Gasteiger partial charge in [-0.05, 0) is 50.0 Å². The van der Waals surface area contributed by atoms with E-state index in [1.54, 1.807) is 0 Å². The largest absolute Gasteiger partial charge is 0.481 e. The van der Waals surface area contributed by atoms with Crippen molar-refractivity contribution in [3.05, 3.63) is 34.9 Å². The van der Waals surface area contributed by atoms with Crippen molar-refractivity contribution in [2.24, 2.45) is 0 Å². The van der Waals surface area contributed by atoms with Gasteiger partial charge in [-0.25, -0.2) is 4.79 Å². The van der Waals surface area contributed by atoms with Gasteiger partial charge in [0.05, 0.1) is 6.04 Å². The fourth-order valence-electron chi connectivity index (χ4n) is 2.92. The molecule has 2 rings (SSSR count). The molecule has 1 saturated heterocycles. The number of rotatable bonds is 8. The second-order valence-corrected chi connectivity index (χ2v) is 6.38. The minimum atomic E-state index is -0.854. The van der Waals surface area contributed by atoms with Crippen molar-refractivity contribution in [2.75, 3.05) is 26.2 Å². The first-order valence-electron chi connectivity index (χ1n) is 8.29. The van der Waals surface area contributed by atoms with E-state index in [4.69, 9.17) is 16.7 Å². The van der Waals surface area contributed by atoms with Gasteiger partial charge in [-0.2, -0.15) is 0 Å². The Morgan fingerprint density at radius 3 is 2.67 bits per heavy atom. The molecular weight excluding hydrogens is 330 g/mol. The van der Waals surface area contributed by atoms with E-state index in [1.807, 2.05) is 24.3 Å². The number of carbonyl (C=O) groups excluding carboxylic acids is 1. The lowest BCUT2D eigenvalue weighted by Gasteiger charge is -2.28. The van der Waals surface area contributed by atoms with Crippen molar-refractivity contribution in [3.63, 3.8) is 0 Å². The van der Waals surface area contributed by atoms with Crippen molar-refractivity contribution >= 4 is 23.6 Å². The molecule has 0 radical (unpaired) electrons. The molecule has 3 N–H and O–H groups in total. The number of carbonyl (C=O) groups is 2. The lowest BCUT2D eigenvalue weighted by molar-refractivity contribution is -0.137. The molecule has 6 nitrogen and oxygen atoms in total. The highest BCUT2D eigenvalue weighted by molar-refractivity contribution is 6.30. The van der Waals surface area contributed by atoms with Crippen LogP contribution in [0.4, 0.5) is 4.79 Å². The van der Waals surface area contributed by atoms with E-state index < -0.39 is 5.97 Å². The maximum atomic E-state index is 11.9. The molecule has 1 aromatic carbocycles. The third kappa shape index (κ3) is 6.02. The maximum Gasteiger partial charge on any atom is 0.314 e. The Balaban J connectivity index is 1.86. The molecular formula is C17H24ClN3O3. The van der Waals surface area contributed by atoms with Gasteiger partial charge in [0.2, 0.25) is 0 Å². The van der Waals surface area contributed by atoms with Gasteiger partial charge >= 0.3 is 12.0 Å². The summed E-state index contributed by atoms with van der Waals surface area (Å²) in [5, 5.41) is 14.8. The third-order valence-electron chi connectivity index (χ3n) is 4.12. The van der Waals surface area contributed by atoms with Crippen LogP contribution in [0.1, 0.15) is 37.3 Å². The molecule has 1 aromatic rings. The normalized spacial score (nSPS) is 15.9. The second-order valence-electron chi connectivity index (χ2n) is 5.95. The number of nitrogens with zero attached hydrogens (tertiary/aromatic N) is 1. The number of aliphatic carboxylic acids is 1. The van der Waals surface area contributed by atoms with E-state index in [1.165, 1.54) is 12.8 Å². The first-order valence-corrected chi connectivity index (χ1v) is 8.67. The number of carboxylic acid groups (broad SMARTS) is 1. The summed E-state index contributed by atoms with van der Waals surface area (Å²) in [4.78, 5) is 24.7. The van der Waals surface area contributed by atoms with E-state index in [-0.39, 0.29) is 18.5 Å². The number of hydrogen-bond donors (Lipinski definition) is 3. The van der Waals surface area contributed by atoms with Gasteiger partial charge in [-0.3, -0.25) is 9.69 Å². The average molecular weight is 354 g/mol. The Hall–Kier alpha value is -1.79. The molecule has 1 aliphatic rings. The molecule has 24 heavy (non-hydrogen) atoms. The molecule has 2 amide bonds. The van der Waals surface area contributed by atoms with Gasteiger partial charge in [0, 0.05) is 24.5 Å². The van der Waals surface area contributed by atoms with Crippen molar-refractivity contribution in [3.8, 4) is 0 Å². The number of amides is 2. The number of nitrogens with one attached hydrogen (secondary N) is 2. The molecule has 0 saturated carbocycles. The Morgan fingerprint density at radius 2 is 2.00 bits per heavy atom. The monoisotopic (exact) mass is 353 g/mol. The zero-order chi connectivity index (χ0) is 17.4. The van der Waals surface area contributed by atoms with E-state index >= 15 is 0 Å². The molecule has 0 bridgehead atoms. The smallest absolute Gasteiger partial charge is 0.314 e. The van der Waals surface area contributed by atoms with Gasteiger partial charge in [0.25, 0.3) is 0 Å². The number of halogens is 1. The summed E-state index contributed by atoms with van der Waals surface area (Å²) >= 11 is 6.10. The lowest BCUT2D eigenvalue weighted by Crippen LogP contribution is -2.41. The summed E-state index contributed by atoms with van der Waals surface area (Å²) in [5.74, 6) is -0.854. The lowest BCUT2D eigenvalue weighted by atomic mass is 10.1. The number of likely N-dealkylation sites (tertiary alicyclic amines) is 1. The summed E-state index contributed by atoms with van der Waals surface area (Å²) in [6.45, 7) is 2.87. The van der Waals surface area contributed by atoms with Gasteiger partial charge < -0.3 is 15.7 Å². The maximum absolute atomic E-state index is 11.9. The highest BCUT2D eigenvalue weighted by Crippen LogP contribution is 2.26. The van der Waals surface area contributed by atoms with Gasteiger partial charge in [0.1, 0.15) is 0 Å². The zero-order valence-corrected chi connectivity index (χ0v) is 14.4. The number of hydrogen-bond acceptors (Lipinski definition) is 3. The third-order valence-corrected chi connectivity index (χ3v) is 4.36. The van der Waals surface area contributed by atoms with E-state index in [2.05, 4.69) is 15.5 Å². The van der Waals surface area contributed by atoms with Crippen molar-refractivity contribution in [1.82, 2.24) is 15.5 Å². The Morgan fingerprint density at radius 1 is 1.25 bits per heavy atom. The summed E-state index contributed by atoms with van der Waals surface area (Å²) in [7, 11) is 0. The molecule has 1 aliphatic heterocycles. The molecule has 132 valence electrons. The van der Waals surface area contributed by atoms with Crippen LogP contribution in [0.2, 0.25) is 5.02 Å². The SMILES string of the molecule is O=C(O)CCCNC(=O)NCC(c1cccc(Cl)c1)N1CCCC1. The number of urea groups is 1. The molecule has 0 spiro atoms. The highest BCUT2D eigenvalue weighted by atomic mass is 35.5. The van der Waals surface area contributed by atoms with E-state index in [0.29, 0.717) is 24.5 Å². The van der Waals surface area contributed by atoms with E-state index in [9.17, 15) is 9.59 Å². The molecule has 1 atom stereocenters. The Bertz CT molecular complexity index is 562. The van der Waals surface area contributed by atoms with Crippen LogP contribution in [0.5, 0.6) is 0 Å². The molecule has 0 aromatic heterocycles. The summed E-state index contributed by atoms with van der Waals surface area (Å²) in [5.41, 5.74) is 1.09. The van der Waals surface area contributed by atoms with Crippen molar-refractivity contribution in [2.45, 2.75) is 31.7 Å². The molecule has 1 heterocycles. The Labute approximate surface area is 147 Å².